The number of fused-ring (bicyclic) bond motifs is 3. The van der Waals surface area contributed by atoms with Crippen LogP contribution in [-0.4, -0.2) is 35.3 Å². The molecule has 0 spiro atoms. The fraction of sp³-hybridized carbons (Fsp3) is 0.462. The number of hydrogen-bond acceptors (Lipinski definition) is 3. The first kappa shape index (κ1) is 11.3. The van der Waals surface area contributed by atoms with Crippen LogP contribution in [0, 0.1) is 0 Å². The molecule has 3 aliphatic heterocycles. The molecule has 4 rings (SSSR count). The molecule has 96 valence electrons. The predicted octanol–water partition coefficient (Wildman–Crippen LogP) is 1.64. The molecule has 5 nitrogen and oxygen atoms in total. The lowest BCUT2D eigenvalue weighted by Gasteiger charge is -2.51. The number of nitrogens with two attached hydrogens (primary N) is 1. The number of ether oxygens (including phenoxy) is 1. The summed E-state index contributed by atoms with van der Waals surface area (Å²) in [5.74, 6) is 0. The fourth-order valence-electron chi connectivity index (χ4n) is 2.92. The Hall–Kier alpha value is -1.75. The smallest absolute Gasteiger partial charge is 0.407 e. The standard InChI is InChI=1S/C13H16N2O3/c14-10-3-1-9(2-4-10)13-6-5-11(7-18-13)15(8-13)12(16)17/h1-4,11H,5-8,14H2,(H,16,17). The van der Waals surface area contributed by atoms with Gasteiger partial charge in [-0.1, -0.05) is 12.1 Å². The van der Waals surface area contributed by atoms with Crippen LogP contribution >= 0.6 is 0 Å². The Morgan fingerprint density at radius 1 is 1.44 bits per heavy atom. The summed E-state index contributed by atoms with van der Waals surface area (Å²) in [6.07, 6.45) is 0.866. The molecule has 0 saturated carbocycles. The number of amides is 1. The number of morpholine rings is 1. The quantitative estimate of drug-likeness (QED) is 0.741. The first-order valence-corrected chi connectivity index (χ1v) is 6.10. The number of rotatable bonds is 1. The van der Waals surface area contributed by atoms with Gasteiger partial charge < -0.3 is 15.6 Å². The number of piperidine rings is 1. The van der Waals surface area contributed by atoms with Crippen molar-refractivity contribution in [3.8, 4) is 0 Å². The minimum absolute atomic E-state index is 0.0122. The van der Waals surface area contributed by atoms with Gasteiger partial charge in [-0.15, -0.1) is 0 Å². The van der Waals surface area contributed by atoms with Crippen molar-refractivity contribution in [2.75, 3.05) is 18.9 Å². The second-order valence-corrected chi connectivity index (χ2v) is 5.03. The first-order chi connectivity index (χ1) is 8.61. The maximum atomic E-state index is 11.2. The number of carboxylic acid groups (broad SMARTS) is 1. The first-order valence-electron chi connectivity index (χ1n) is 6.10. The summed E-state index contributed by atoms with van der Waals surface area (Å²) in [5.41, 5.74) is 6.91. The summed E-state index contributed by atoms with van der Waals surface area (Å²) in [7, 11) is 0. The van der Waals surface area contributed by atoms with Crippen LogP contribution in [0.25, 0.3) is 0 Å². The van der Waals surface area contributed by atoms with E-state index in [9.17, 15) is 9.90 Å². The van der Waals surface area contributed by atoms with Gasteiger partial charge >= 0.3 is 6.09 Å². The predicted molar refractivity (Wildman–Crippen MR) is 66.2 cm³/mol. The lowest BCUT2D eigenvalue weighted by Crippen LogP contribution is -2.61. The highest BCUT2D eigenvalue weighted by Crippen LogP contribution is 2.42. The van der Waals surface area contributed by atoms with Crippen LogP contribution in [0.4, 0.5) is 10.5 Å². The third-order valence-electron chi connectivity index (χ3n) is 3.98. The Morgan fingerprint density at radius 3 is 2.72 bits per heavy atom. The monoisotopic (exact) mass is 248 g/mol. The van der Waals surface area contributed by atoms with Crippen molar-refractivity contribution >= 4 is 11.8 Å². The van der Waals surface area contributed by atoms with Gasteiger partial charge in [0.1, 0.15) is 5.60 Å². The molecular formula is C13H16N2O3. The van der Waals surface area contributed by atoms with Gasteiger partial charge in [-0.25, -0.2) is 4.79 Å². The maximum absolute atomic E-state index is 11.2. The second kappa shape index (κ2) is 3.88. The van der Waals surface area contributed by atoms with Crippen molar-refractivity contribution in [1.29, 1.82) is 0 Å². The van der Waals surface area contributed by atoms with Crippen LogP contribution in [0.2, 0.25) is 0 Å². The molecular weight excluding hydrogens is 232 g/mol. The van der Waals surface area contributed by atoms with Gasteiger partial charge in [0.2, 0.25) is 0 Å². The topological polar surface area (TPSA) is 75.8 Å². The zero-order valence-corrected chi connectivity index (χ0v) is 10.0. The summed E-state index contributed by atoms with van der Waals surface area (Å²) >= 11 is 0. The van der Waals surface area contributed by atoms with E-state index >= 15 is 0 Å². The summed E-state index contributed by atoms with van der Waals surface area (Å²) in [6.45, 7) is 0.896. The van der Waals surface area contributed by atoms with Crippen molar-refractivity contribution in [1.82, 2.24) is 4.90 Å². The fourth-order valence-corrected chi connectivity index (χ4v) is 2.92. The minimum atomic E-state index is -0.858. The van der Waals surface area contributed by atoms with E-state index in [0.717, 1.165) is 18.4 Å². The van der Waals surface area contributed by atoms with Crippen LogP contribution in [0.15, 0.2) is 24.3 Å². The molecule has 1 amide bonds. The van der Waals surface area contributed by atoms with E-state index in [1.54, 1.807) is 0 Å². The van der Waals surface area contributed by atoms with Crippen LogP contribution in [0.1, 0.15) is 18.4 Å². The Bertz CT molecular complexity index is 464. The number of anilines is 1. The molecule has 18 heavy (non-hydrogen) atoms. The van der Waals surface area contributed by atoms with E-state index in [0.29, 0.717) is 18.8 Å². The number of nitrogens with zero attached hydrogens (tertiary/aromatic N) is 1. The van der Waals surface area contributed by atoms with E-state index in [-0.39, 0.29) is 6.04 Å². The lowest BCUT2D eigenvalue weighted by molar-refractivity contribution is -0.171. The number of benzene rings is 1. The van der Waals surface area contributed by atoms with Gasteiger partial charge in [0, 0.05) is 5.69 Å². The van der Waals surface area contributed by atoms with Crippen molar-refractivity contribution < 1.29 is 14.6 Å². The second-order valence-electron chi connectivity index (χ2n) is 5.03. The molecule has 1 aromatic rings. The molecule has 0 aromatic heterocycles. The van der Waals surface area contributed by atoms with Crippen LogP contribution in [0.5, 0.6) is 0 Å². The van der Waals surface area contributed by atoms with E-state index in [1.165, 1.54) is 4.90 Å². The molecule has 2 atom stereocenters. The highest BCUT2D eigenvalue weighted by Gasteiger charge is 2.48. The molecule has 0 aliphatic carbocycles. The Kier molecular flexibility index (Phi) is 2.45. The Labute approximate surface area is 105 Å². The SMILES string of the molecule is Nc1ccc(C23CCC(CO2)N(C(=O)O)C3)cc1. The molecule has 3 saturated heterocycles. The van der Waals surface area contributed by atoms with Gasteiger partial charge in [0.05, 0.1) is 19.2 Å². The molecule has 1 aromatic carbocycles. The van der Waals surface area contributed by atoms with E-state index in [1.807, 2.05) is 24.3 Å². The Balaban J connectivity index is 1.94. The average Bonchev–Trinajstić information content (AvgIpc) is 2.40. The molecule has 3 aliphatic rings. The molecule has 0 radical (unpaired) electrons. The van der Waals surface area contributed by atoms with E-state index in [2.05, 4.69) is 0 Å². The average molecular weight is 248 g/mol. The summed E-state index contributed by atoms with van der Waals surface area (Å²) in [4.78, 5) is 12.7. The van der Waals surface area contributed by atoms with Gasteiger partial charge in [0.15, 0.2) is 0 Å². The molecule has 2 bridgehead atoms. The normalized spacial score (nSPS) is 30.4. The summed E-state index contributed by atoms with van der Waals surface area (Å²) in [6, 6.07) is 7.54. The van der Waals surface area contributed by atoms with Crippen molar-refractivity contribution in [2.45, 2.75) is 24.5 Å². The summed E-state index contributed by atoms with van der Waals surface area (Å²) in [5, 5.41) is 9.22. The van der Waals surface area contributed by atoms with Crippen LogP contribution in [0.3, 0.4) is 0 Å². The lowest BCUT2D eigenvalue weighted by atomic mass is 9.80. The zero-order valence-electron chi connectivity index (χ0n) is 10.0. The van der Waals surface area contributed by atoms with Crippen LogP contribution in [-0.2, 0) is 10.3 Å². The highest BCUT2D eigenvalue weighted by molar-refractivity contribution is 5.66. The molecule has 3 N–H and O–H groups in total. The van der Waals surface area contributed by atoms with Crippen LogP contribution < -0.4 is 5.73 Å². The van der Waals surface area contributed by atoms with Gasteiger partial charge in [-0.05, 0) is 30.5 Å². The molecule has 3 heterocycles. The van der Waals surface area contributed by atoms with Gasteiger partial charge in [-0.2, -0.15) is 0 Å². The van der Waals surface area contributed by atoms with Crippen molar-refractivity contribution in [2.24, 2.45) is 0 Å². The number of carbonyl (C=O) groups is 1. The summed E-state index contributed by atoms with van der Waals surface area (Å²) < 4.78 is 5.93. The van der Waals surface area contributed by atoms with Gasteiger partial charge in [0.25, 0.3) is 0 Å². The largest absolute Gasteiger partial charge is 0.465 e. The van der Waals surface area contributed by atoms with Crippen molar-refractivity contribution in [3.05, 3.63) is 29.8 Å². The number of nitrogen functional groups attached to an aromatic ring is 1. The third-order valence-corrected chi connectivity index (χ3v) is 3.98. The maximum Gasteiger partial charge on any atom is 0.407 e. The highest BCUT2D eigenvalue weighted by atomic mass is 16.5. The molecule has 5 heteroatoms. The van der Waals surface area contributed by atoms with Crippen molar-refractivity contribution in [3.63, 3.8) is 0 Å². The Morgan fingerprint density at radius 2 is 2.17 bits per heavy atom. The third kappa shape index (κ3) is 1.62. The van der Waals surface area contributed by atoms with E-state index < -0.39 is 11.7 Å². The minimum Gasteiger partial charge on any atom is -0.465 e. The molecule has 3 fully saturated rings. The van der Waals surface area contributed by atoms with Gasteiger partial charge in [-0.3, -0.25) is 4.90 Å². The zero-order chi connectivity index (χ0) is 12.8. The number of hydrogen-bond donors (Lipinski definition) is 2. The molecule has 2 unspecified atom stereocenters. The van der Waals surface area contributed by atoms with E-state index in [4.69, 9.17) is 10.5 Å².